The van der Waals surface area contributed by atoms with Gasteiger partial charge in [-0.1, -0.05) is 18.2 Å². The lowest BCUT2D eigenvalue weighted by Gasteiger charge is -2.28. The number of para-hydroxylation sites is 1. The Labute approximate surface area is 130 Å². The zero-order valence-corrected chi connectivity index (χ0v) is 12.5. The first-order chi connectivity index (χ1) is 10.9. The molecule has 1 aliphatic carbocycles. The fourth-order valence-electron chi connectivity index (χ4n) is 2.98. The monoisotopic (exact) mass is 296 g/mol. The van der Waals surface area contributed by atoms with Crippen LogP contribution >= 0.6 is 0 Å². The van der Waals surface area contributed by atoms with Gasteiger partial charge in [0, 0.05) is 26.2 Å². The van der Waals surface area contributed by atoms with E-state index in [1.807, 2.05) is 24.3 Å². The Hall–Kier alpha value is -2.14. The minimum absolute atomic E-state index is 0.133. The Morgan fingerprint density at radius 3 is 2.82 bits per heavy atom. The molecule has 1 N–H and O–H groups in total. The first-order valence-electron chi connectivity index (χ1n) is 7.96. The van der Waals surface area contributed by atoms with E-state index in [1.54, 1.807) is 0 Å². The van der Waals surface area contributed by atoms with Gasteiger partial charge in [-0.3, -0.25) is 0 Å². The first kappa shape index (κ1) is 13.5. The van der Waals surface area contributed by atoms with Gasteiger partial charge in [0.2, 0.25) is 11.8 Å². The Balaban J connectivity index is 1.73. The van der Waals surface area contributed by atoms with E-state index in [1.165, 1.54) is 0 Å². The summed E-state index contributed by atoms with van der Waals surface area (Å²) in [5.41, 5.74) is 0.947. The van der Waals surface area contributed by atoms with E-state index >= 15 is 0 Å². The van der Waals surface area contributed by atoms with Crippen molar-refractivity contribution in [3.63, 3.8) is 0 Å². The second-order valence-corrected chi connectivity index (χ2v) is 5.74. The molecule has 0 bridgehead atoms. The summed E-state index contributed by atoms with van der Waals surface area (Å²) in [5, 5.41) is 4.35. The highest BCUT2D eigenvalue weighted by atomic mass is 16.5. The molecule has 0 amide bonds. The Kier molecular flexibility index (Phi) is 3.64. The maximum absolute atomic E-state index is 6.14. The molecule has 1 aromatic heterocycles. The van der Waals surface area contributed by atoms with Crippen LogP contribution in [0.25, 0.3) is 10.9 Å². The first-order valence-corrected chi connectivity index (χ1v) is 7.96. The molecule has 1 aromatic carbocycles. The number of piperazine rings is 1. The number of hydrogen-bond donors (Lipinski definition) is 1. The van der Waals surface area contributed by atoms with Gasteiger partial charge in [-0.05, 0) is 31.1 Å². The molecule has 5 heteroatoms. The normalized spacial score (nSPS) is 21.5. The molecule has 2 aliphatic rings. The van der Waals surface area contributed by atoms with Crippen molar-refractivity contribution in [3.8, 4) is 5.88 Å². The summed E-state index contributed by atoms with van der Waals surface area (Å²) < 4.78 is 6.14. The van der Waals surface area contributed by atoms with Crippen molar-refractivity contribution >= 4 is 16.9 Å². The number of aromatic nitrogens is 2. The maximum Gasteiger partial charge on any atom is 0.229 e. The summed E-state index contributed by atoms with van der Waals surface area (Å²) in [6.07, 6.45) is 6.54. The van der Waals surface area contributed by atoms with Crippen molar-refractivity contribution in [2.24, 2.45) is 0 Å². The second kappa shape index (κ2) is 5.93. The summed E-state index contributed by atoms with van der Waals surface area (Å²) >= 11 is 0. The van der Waals surface area contributed by atoms with Crippen LogP contribution in [-0.4, -0.2) is 42.3 Å². The third kappa shape index (κ3) is 2.64. The van der Waals surface area contributed by atoms with Crippen molar-refractivity contribution in [3.05, 3.63) is 36.4 Å². The van der Waals surface area contributed by atoms with Gasteiger partial charge in [-0.25, -0.2) is 4.98 Å². The molecule has 0 radical (unpaired) electrons. The van der Waals surface area contributed by atoms with E-state index < -0.39 is 0 Å². The molecular weight excluding hydrogens is 276 g/mol. The molecule has 1 fully saturated rings. The second-order valence-electron chi connectivity index (χ2n) is 5.74. The lowest BCUT2D eigenvalue weighted by molar-refractivity contribution is 0.242. The quantitative estimate of drug-likeness (QED) is 0.879. The van der Waals surface area contributed by atoms with E-state index in [0.29, 0.717) is 5.88 Å². The fourth-order valence-corrected chi connectivity index (χ4v) is 2.98. The zero-order chi connectivity index (χ0) is 14.8. The Morgan fingerprint density at radius 2 is 2.00 bits per heavy atom. The van der Waals surface area contributed by atoms with E-state index in [0.717, 1.165) is 55.9 Å². The minimum Gasteiger partial charge on any atom is -0.470 e. The maximum atomic E-state index is 6.14. The lowest BCUT2D eigenvalue weighted by atomic mass is 10.2. The van der Waals surface area contributed by atoms with Crippen molar-refractivity contribution in [2.45, 2.75) is 18.9 Å². The van der Waals surface area contributed by atoms with E-state index in [9.17, 15) is 0 Å². The average molecular weight is 296 g/mol. The van der Waals surface area contributed by atoms with Crippen molar-refractivity contribution in [1.82, 2.24) is 15.3 Å². The fraction of sp³-hybridized carbons (Fsp3) is 0.412. The van der Waals surface area contributed by atoms with E-state index in [2.05, 4.69) is 22.4 Å². The summed E-state index contributed by atoms with van der Waals surface area (Å²) in [5.74, 6) is 1.48. The van der Waals surface area contributed by atoms with Gasteiger partial charge in [0.15, 0.2) is 0 Å². The van der Waals surface area contributed by atoms with Crippen LogP contribution in [0.1, 0.15) is 12.8 Å². The highest BCUT2D eigenvalue weighted by Crippen LogP contribution is 2.28. The number of fused-ring (bicyclic) bond motifs is 1. The van der Waals surface area contributed by atoms with Gasteiger partial charge in [0.05, 0.1) is 10.9 Å². The molecule has 22 heavy (non-hydrogen) atoms. The molecule has 2 aromatic rings. The largest absolute Gasteiger partial charge is 0.470 e. The van der Waals surface area contributed by atoms with Crippen molar-refractivity contribution in [2.75, 3.05) is 31.1 Å². The summed E-state index contributed by atoms with van der Waals surface area (Å²) in [7, 11) is 0. The van der Waals surface area contributed by atoms with Gasteiger partial charge in [-0.2, -0.15) is 4.98 Å². The third-order valence-corrected chi connectivity index (χ3v) is 4.19. The zero-order valence-electron chi connectivity index (χ0n) is 12.5. The standard InChI is InChI=1S/C17H20N4O/c1-2-6-13(5-1)22-16-14-7-3-4-8-15(14)19-17(20-16)21-11-9-18-10-12-21/h1,3-5,7-8,13,18H,2,6,9-12H2. The molecule has 1 saturated heterocycles. The van der Waals surface area contributed by atoms with Crippen LogP contribution in [0.5, 0.6) is 5.88 Å². The number of nitrogens with one attached hydrogen (secondary N) is 1. The van der Waals surface area contributed by atoms with Gasteiger partial charge in [-0.15, -0.1) is 0 Å². The molecule has 1 aliphatic heterocycles. The number of hydrogen-bond acceptors (Lipinski definition) is 5. The molecule has 2 heterocycles. The Bertz CT molecular complexity index is 694. The summed E-state index contributed by atoms with van der Waals surface area (Å²) in [6, 6.07) is 8.08. The van der Waals surface area contributed by atoms with Crippen LogP contribution in [0, 0.1) is 0 Å². The van der Waals surface area contributed by atoms with Crippen LogP contribution in [0.4, 0.5) is 5.95 Å². The molecular formula is C17H20N4O. The lowest BCUT2D eigenvalue weighted by Crippen LogP contribution is -2.44. The van der Waals surface area contributed by atoms with Crippen molar-refractivity contribution in [1.29, 1.82) is 0 Å². The molecule has 0 spiro atoms. The van der Waals surface area contributed by atoms with Crippen LogP contribution in [-0.2, 0) is 0 Å². The van der Waals surface area contributed by atoms with Crippen LogP contribution in [0.2, 0.25) is 0 Å². The topological polar surface area (TPSA) is 50.3 Å². The summed E-state index contributed by atoms with van der Waals surface area (Å²) in [4.78, 5) is 11.7. The number of allylic oxidation sites excluding steroid dienone is 1. The molecule has 1 unspecified atom stereocenters. The molecule has 114 valence electrons. The smallest absolute Gasteiger partial charge is 0.229 e. The van der Waals surface area contributed by atoms with Crippen LogP contribution < -0.4 is 15.0 Å². The van der Waals surface area contributed by atoms with E-state index in [-0.39, 0.29) is 6.10 Å². The highest BCUT2D eigenvalue weighted by Gasteiger charge is 2.19. The van der Waals surface area contributed by atoms with Crippen LogP contribution in [0.15, 0.2) is 36.4 Å². The number of nitrogens with zero attached hydrogens (tertiary/aromatic N) is 3. The number of ether oxygens (including phenoxy) is 1. The summed E-state index contributed by atoms with van der Waals surface area (Å²) in [6.45, 7) is 3.80. The van der Waals surface area contributed by atoms with Gasteiger partial charge in [0.1, 0.15) is 6.10 Å². The highest BCUT2D eigenvalue weighted by molar-refractivity contribution is 5.84. The SMILES string of the molecule is C1=CC(Oc2nc(N3CCNCC3)nc3ccccc23)CC1. The van der Waals surface area contributed by atoms with Crippen LogP contribution in [0.3, 0.4) is 0 Å². The molecule has 5 nitrogen and oxygen atoms in total. The minimum atomic E-state index is 0.133. The molecule has 4 rings (SSSR count). The Morgan fingerprint density at radius 1 is 1.14 bits per heavy atom. The number of anilines is 1. The predicted octanol–water partition coefficient (Wildman–Crippen LogP) is 2.14. The average Bonchev–Trinajstić information content (AvgIpc) is 3.09. The molecule has 1 atom stereocenters. The van der Waals surface area contributed by atoms with Crippen molar-refractivity contribution < 1.29 is 4.74 Å². The predicted molar refractivity (Wildman–Crippen MR) is 87.4 cm³/mol. The third-order valence-electron chi connectivity index (χ3n) is 4.19. The van der Waals surface area contributed by atoms with Gasteiger partial charge < -0.3 is 15.0 Å². The van der Waals surface area contributed by atoms with E-state index in [4.69, 9.17) is 14.7 Å². The van der Waals surface area contributed by atoms with Gasteiger partial charge in [0.25, 0.3) is 0 Å². The van der Waals surface area contributed by atoms with Gasteiger partial charge >= 0.3 is 0 Å². The number of rotatable bonds is 3. The number of benzene rings is 1. The molecule has 0 saturated carbocycles.